The van der Waals surface area contributed by atoms with Crippen LogP contribution < -0.4 is 9.64 Å². The molecule has 6 rings (SSSR count). The lowest BCUT2D eigenvalue weighted by Gasteiger charge is -2.33. The van der Waals surface area contributed by atoms with Crippen molar-refractivity contribution in [2.75, 3.05) is 12.0 Å². The lowest BCUT2D eigenvalue weighted by molar-refractivity contribution is -0.123. The van der Waals surface area contributed by atoms with E-state index in [0.717, 1.165) is 4.90 Å². The lowest BCUT2D eigenvalue weighted by atomic mass is 9.85. The molecule has 7 nitrogen and oxygen atoms in total. The zero-order chi connectivity index (χ0) is 28.1. The van der Waals surface area contributed by atoms with E-state index in [2.05, 4.69) is 15.9 Å². The van der Waals surface area contributed by atoms with Gasteiger partial charge in [0.2, 0.25) is 11.8 Å². The molecule has 3 heterocycles. The first-order valence-electron chi connectivity index (χ1n) is 12.6. The molecule has 40 heavy (non-hydrogen) atoms. The van der Waals surface area contributed by atoms with Crippen molar-refractivity contribution in [3.8, 4) is 5.75 Å². The van der Waals surface area contributed by atoms with Gasteiger partial charge in [0.05, 0.1) is 35.1 Å². The number of ketones is 2. The summed E-state index contributed by atoms with van der Waals surface area (Å²) in [6.45, 7) is 0. The van der Waals surface area contributed by atoms with Crippen LogP contribution in [0.15, 0.2) is 101 Å². The van der Waals surface area contributed by atoms with Crippen LogP contribution in [-0.2, 0) is 9.59 Å². The van der Waals surface area contributed by atoms with Gasteiger partial charge in [-0.05, 0) is 64.5 Å². The van der Waals surface area contributed by atoms with Crippen molar-refractivity contribution in [2.45, 2.75) is 12.1 Å². The highest BCUT2D eigenvalue weighted by atomic mass is 79.9. The fraction of sp³-hybridized carbons (Fsp3) is 0.161. The molecular weight excluding hydrogens is 596 g/mol. The van der Waals surface area contributed by atoms with Gasteiger partial charge < -0.3 is 9.64 Å². The number of amides is 2. The highest BCUT2D eigenvalue weighted by molar-refractivity contribution is 9.10. The van der Waals surface area contributed by atoms with Crippen LogP contribution in [0.2, 0.25) is 5.02 Å². The van der Waals surface area contributed by atoms with Gasteiger partial charge in [-0.1, -0.05) is 48.0 Å². The van der Waals surface area contributed by atoms with Crippen LogP contribution in [0.1, 0.15) is 20.7 Å². The first kappa shape index (κ1) is 26.2. The fourth-order valence-corrected chi connectivity index (χ4v) is 6.46. The number of imide groups is 1. The first-order chi connectivity index (χ1) is 19.3. The molecule has 4 atom stereocenters. The number of ether oxygens (including phenoxy) is 1. The minimum absolute atomic E-state index is 0.201. The Morgan fingerprint density at radius 2 is 1.60 bits per heavy atom. The lowest BCUT2D eigenvalue weighted by Crippen LogP contribution is -2.46. The second kappa shape index (κ2) is 10.2. The van der Waals surface area contributed by atoms with Crippen molar-refractivity contribution in [1.29, 1.82) is 0 Å². The molecule has 0 saturated carbocycles. The molecule has 2 fully saturated rings. The number of benzene rings is 3. The molecule has 3 aliphatic heterocycles. The second-order valence-corrected chi connectivity index (χ2v) is 11.1. The Morgan fingerprint density at radius 1 is 0.900 bits per heavy atom. The van der Waals surface area contributed by atoms with Crippen LogP contribution in [0.3, 0.4) is 0 Å². The number of carbonyl (C=O) groups is 4. The number of Topliss-reactive ketones (excluding diaryl/α,β-unsaturated/α-hetero) is 2. The normalized spacial score (nSPS) is 23.1. The van der Waals surface area contributed by atoms with E-state index < -0.39 is 35.7 Å². The monoisotopic (exact) mass is 616 g/mol. The average Bonchev–Trinajstić information content (AvgIpc) is 3.44. The second-order valence-electron chi connectivity index (χ2n) is 9.77. The van der Waals surface area contributed by atoms with Gasteiger partial charge >= 0.3 is 0 Å². The smallest absolute Gasteiger partial charge is 0.240 e. The van der Waals surface area contributed by atoms with Crippen molar-refractivity contribution < 1.29 is 23.9 Å². The van der Waals surface area contributed by atoms with Gasteiger partial charge in [0.25, 0.3) is 0 Å². The molecule has 200 valence electrons. The van der Waals surface area contributed by atoms with Crippen molar-refractivity contribution in [3.05, 3.63) is 117 Å². The number of methoxy groups -OCH3 is 1. The number of carbonyl (C=O) groups excluding carboxylic acids is 4. The third-order valence-electron chi connectivity index (χ3n) is 7.64. The third-order valence-corrected chi connectivity index (χ3v) is 8.51. The molecule has 0 unspecified atom stereocenters. The number of allylic oxidation sites excluding steroid dienone is 2. The van der Waals surface area contributed by atoms with Crippen molar-refractivity contribution in [1.82, 2.24) is 4.90 Å². The molecule has 9 heteroatoms. The highest BCUT2D eigenvalue weighted by Gasteiger charge is 2.63. The van der Waals surface area contributed by atoms with E-state index >= 15 is 0 Å². The van der Waals surface area contributed by atoms with Gasteiger partial charge in [-0.15, -0.1) is 0 Å². The third kappa shape index (κ3) is 4.19. The quantitative estimate of drug-likeness (QED) is 0.269. The van der Waals surface area contributed by atoms with E-state index in [1.54, 1.807) is 90.0 Å². The number of anilines is 1. The molecule has 2 amide bonds. The average molecular weight is 618 g/mol. The molecule has 0 radical (unpaired) electrons. The van der Waals surface area contributed by atoms with E-state index in [-0.39, 0.29) is 11.6 Å². The Kier molecular flexibility index (Phi) is 6.68. The van der Waals surface area contributed by atoms with Crippen molar-refractivity contribution >= 4 is 56.6 Å². The molecule has 0 aromatic heterocycles. The predicted molar refractivity (Wildman–Crippen MR) is 153 cm³/mol. The molecule has 3 aliphatic rings. The summed E-state index contributed by atoms with van der Waals surface area (Å²) in [4.78, 5) is 58.0. The van der Waals surface area contributed by atoms with E-state index in [0.29, 0.717) is 37.6 Å². The van der Waals surface area contributed by atoms with Crippen LogP contribution in [0, 0.1) is 11.8 Å². The van der Waals surface area contributed by atoms with Gasteiger partial charge in [-0.3, -0.25) is 19.2 Å². The van der Waals surface area contributed by atoms with Crippen molar-refractivity contribution in [2.24, 2.45) is 11.8 Å². The van der Waals surface area contributed by atoms with E-state index in [4.69, 9.17) is 16.3 Å². The van der Waals surface area contributed by atoms with Gasteiger partial charge in [0.1, 0.15) is 11.8 Å². The number of rotatable bonds is 6. The maximum atomic E-state index is 14.0. The summed E-state index contributed by atoms with van der Waals surface area (Å²) in [6.07, 6.45) is 5.01. The molecular formula is C31H22BrClN2O5. The largest absolute Gasteiger partial charge is 0.496 e. The van der Waals surface area contributed by atoms with E-state index in [1.807, 2.05) is 6.07 Å². The number of nitrogens with zero attached hydrogens (tertiary/aromatic N) is 2. The maximum absolute atomic E-state index is 14.0. The van der Waals surface area contributed by atoms with Crippen molar-refractivity contribution in [3.63, 3.8) is 0 Å². The molecule has 2 saturated heterocycles. The summed E-state index contributed by atoms with van der Waals surface area (Å²) in [5.41, 5.74) is 1.66. The first-order valence-corrected chi connectivity index (χ1v) is 13.8. The summed E-state index contributed by atoms with van der Waals surface area (Å²) >= 11 is 9.47. The van der Waals surface area contributed by atoms with Crippen LogP contribution in [-0.4, -0.2) is 47.5 Å². The zero-order valence-electron chi connectivity index (χ0n) is 21.2. The molecule has 0 bridgehead atoms. The van der Waals surface area contributed by atoms with E-state index in [1.165, 1.54) is 7.11 Å². The standard InChI is InChI=1S/C31H22BrClN2O5/c1-40-24-12-7-18(15-22(24)32)29(37)27-26-25(30(38)35(31(26)39)21-10-8-20(33)9-11-21)23-16-19(13-14-34(23)27)28(36)17-5-3-2-4-6-17/h2-16,23,25-27H,1H3/t23-,25-,26+,27+/m1/s1. The summed E-state index contributed by atoms with van der Waals surface area (Å²) in [5, 5.41) is 0.469. The van der Waals surface area contributed by atoms with Gasteiger partial charge in [0.15, 0.2) is 11.6 Å². The maximum Gasteiger partial charge on any atom is 0.240 e. The SMILES string of the molecule is COc1ccc(C(=O)[C@@H]2[C@H]3C(=O)N(c4ccc(Cl)cc4)C(=O)[C@@H]3[C@H]3C=C(C(=O)c4ccccc4)C=CN32)cc1Br. The van der Waals surface area contributed by atoms with E-state index in [9.17, 15) is 19.2 Å². The minimum Gasteiger partial charge on any atom is -0.496 e. The predicted octanol–water partition coefficient (Wildman–Crippen LogP) is 5.49. The molecule has 0 spiro atoms. The topological polar surface area (TPSA) is 84.0 Å². The fourth-order valence-electron chi connectivity index (χ4n) is 5.79. The summed E-state index contributed by atoms with van der Waals surface area (Å²) in [7, 11) is 1.53. The summed E-state index contributed by atoms with van der Waals surface area (Å²) in [5.74, 6) is -2.64. The summed E-state index contributed by atoms with van der Waals surface area (Å²) < 4.78 is 5.89. The Bertz CT molecular complexity index is 1620. The number of fused-ring (bicyclic) bond motifs is 3. The highest BCUT2D eigenvalue weighted by Crippen LogP contribution is 2.47. The number of halogens is 2. The Hall–Kier alpha value is -4.01. The molecule has 3 aromatic carbocycles. The van der Waals surface area contributed by atoms with Gasteiger partial charge in [-0.25, -0.2) is 4.90 Å². The summed E-state index contributed by atoms with van der Waals surface area (Å²) in [6, 6.07) is 18.6. The number of hydrogen-bond donors (Lipinski definition) is 0. The Balaban J connectivity index is 1.43. The minimum atomic E-state index is -0.954. The van der Waals surface area contributed by atoms with Crippen LogP contribution in [0.5, 0.6) is 5.75 Å². The Labute approximate surface area is 243 Å². The van der Waals surface area contributed by atoms with Gasteiger partial charge in [0, 0.05) is 27.9 Å². The van der Waals surface area contributed by atoms with Crippen LogP contribution in [0.4, 0.5) is 5.69 Å². The Morgan fingerprint density at radius 3 is 2.27 bits per heavy atom. The molecule has 0 aliphatic carbocycles. The van der Waals surface area contributed by atoms with Gasteiger partial charge in [-0.2, -0.15) is 0 Å². The van der Waals surface area contributed by atoms with Crippen LogP contribution in [0.25, 0.3) is 0 Å². The van der Waals surface area contributed by atoms with Crippen LogP contribution >= 0.6 is 27.5 Å². The molecule has 3 aromatic rings. The zero-order valence-corrected chi connectivity index (χ0v) is 23.5. The number of hydrogen-bond acceptors (Lipinski definition) is 6. The molecule has 0 N–H and O–H groups in total.